The lowest BCUT2D eigenvalue weighted by molar-refractivity contribution is -0.480. The van der Waals surface area contributed by atoms with Gasteiger partial charge in [0.15, 0.2) is 9.84 Å². The summed E-state index contributed by atoms with van der Waals surface area (Å²) >= 11 is 0. The average molecular weight is 193 g/mol. The van der Waals surface area contributed by atoms with Gasteiger partial charge in [-0.3, -0.25) is 10.1 Å². The predicted molar refractivity (Wildman–Crippen MR) is 43.3 cm³/mol. The highest BCUT2D eigenvalue weighted by atomic mass is 32.2. The molecule has 1 fully saturated rings. The van der Waals surface area contributed by atoms with Gasteiger partial charge in [0.1, 0.15) is 0 Å². The van der Waals surface area contributed by atoms with Gasteiger partial charge in [0.25, 0.3) is 0 Å². The van der Waals surface area contributed by atoms with Crippen LogP contribution in [0.1, 0.15) is 19.3 Å². The molecule has 1 atom stereocenters. The van der Waals surface area contributed by atoms with Gasteiger partial charge in [-0.25, -0.2) is 8.42 Å². The van der Waals surface area contributed by atoms with Crippen molar-refractivity contribution in [3.8, 4) is 0 Å². The zero-order valence-electron chi connectivity index (χ0n) is 6.60. The Kier molecular flexibility index (Phi) is 2.66. The molecule has 0 aromatic carbocycles. The third-order valence-corrected chi connectivity index (χ3v) is 4.44. The smallest absolute Gasteiger partial charge is 0.205 e. The number of sulfone groups is 1. The molecule has 0 N–H and O–H groups in total. The number of hydrogen-bond donors (Lipinski definition) is 0. The quantitative estimate of drug-likeness (QED) is 0.475. The van der Waals surface area contributed by atoms with Crippen molar-refractivity contribution in [3.05, 3.63) is 10.1 Å². The largest absolute Gasteiger partial charge is 0.265 e. The van der Waals surface area contributed by atoms with Crippen LogP contribution in [0.15, 0.2) is 0 Å². The molecule has 1 saturated heterocycles. The fourth-order valence-corrected chi connectivity index (χ4v) is 3.32. The normalized spacial score (nSPS) is 27.2. The highest BCUT2D eigenvalue weighted by molar-refractivity contribution is 7.92. The van der Waals surface area contributed by atoms with E-state index in [0.29, 0.717) is 12.8 Å². The van der Waals surface area contributed by atoms with Crippen molar-refractivity contribution in [1.29, 1.82) is 0 Å². The molecule has 70 valence electrons. The van der Waals surface area contributed by atoms with E-state index < -0.39 is 20.0 Å². The Morgan fingerprint density at radius 3 is 2.58 bits per heavy atom. The van der Waals surface area contributed by atoms with Crippen molar-refractivity contribution in [2.45, 2.75) is 24.5 Å². The first-order valence-corrected chi connectivity index (χ1v) is 5.57. The van der Waals surface area contributed by atoms with E-state index in [2.05, 4.69) is 0 Å². The van der Waals surface area contributed by atoms with Crippen LogP contribution in [0.4, 0.5) is 0 Å². The minimum absolute atomic E-state index is 0.176. The van der Waals surface area contributed by atoms with Gasteiger partial charge in [0.2, 0.25) is 6.54 Å². The van der Waals surface area contributed by atoms with Gasteiger partial charge in [0, 0.05) is 11.3 Å². The molecule has 6 heteroatoms. The van der Waals surface area contributed by atoms with Gasteiger partial charge in [0.05, 0.1) is 11.0 Å². The van der Waals surface area contributed by atoms with Crippen molar-refractivity contribution in [2.24, 2.45) is 0 Å². The van der Waals surface area contributed by atoms with Crippen molar-refractivity contribution in [1.82, 2.24) is 0 Å². The Morgan fingerprint density at radius 1 is 1.50 bits per heavy atom. The Morgan fingerprint density at radius 2 is 2.17 bits per heavy atom. The van der Waals surface area contributed by atoms with E-state index in [-0.39, 0.29) is 18.7 Å². The second kappa shape index (κ2) is 3.38. The molecule has 5 nitrogen and oxygen atoms in total. The Balaban J connectivity index is 2.48. The molecule has 0 saturated carbocycles. The van der Waals surface area contributed by atoms with Gasteiger partial charge in [-0.05, 0) is 12.8 Å². The SMILES string of the molecule is O=[N+]([O-])CCC1CCCS1(=O)=O. The maximum Gasteiger partial charge on any atom is 0.205 e. The lowest BCUT2D eigenvalue weighted by Gasteiger charge is -2.04. The molecule has 1 aliphatic rings. The summed E-state index contributed by atoms with van der Waals surface area (Å²) in [6.45, 7) is -0.232. The van der Waals surface area contributed by atoms with E-state index in [4.69, 9.17) is 0 Å². The van der Waals surface area contributed by atoms with Crippen LogP contribution in [0.2, 0.25) is 0 Å². The van der Waals surface area contributed by atoms with Crippen molar-refractivity contribution >= 4 is 9.84 Å². The second-order valence-corrected chi connectivity index (χ2v) is 5.38. The van der Waals surface area contributed by atoms with Crippen LogP contribution in [-0.4, -0.2) is 30.9 Å². The van der Waals surface area contributed by atoms with E-state index in [0.717, 1.165) is 0 Å². The summed E-state index contributed by atoms with van der Waals surface area (Å²) < 4.78 is 22.3. The predicted octanol–water partition coefficient (Wildman–Crippen LogP) is 0.230. The van der Waals surface area contributed by atoms with Crippen LogP contribution in [0.5, 0.6) is 0 Å². The van der Waals surface area contributed by atoms with E-state index >= 15 is 0 Å². The molecule has 0 spiro atoms. The molecule has 0 amide bonds. The van der Waals surface area contributed by atoms with E-state index in [1.165, 1.54) is 0 Å². The highest BCUT2D eigenvalue weighted by Crippen LogP contribution is 2.22. The zero-order valence-corrected chi connectivity index (χ0v) is 7.42. The summed E-state index contributed by atoms with van der Waals surface area (Å²) in [6.07, 6.45) is 1.43. The maximum atomic E-state index is 11.2. The van der Waals surface area contributed by atoms with Gasteiger partial charge in [-0.1, -0.05) is 0 Å². The topological polar surface area (TPSA) is 77.3 Å². The van der Waals surface area contributed by atoms with Crippen molar-refractivity contribution < 1.29 is 13.3 Å². The molecule has 0 bridgehead atoms. The minimum atomic E-state index is -2.99. The zero-order chi connectivity index (χ0) is 9.19. The Hall–Kier alpha value is -0.650. The maximum absolute atomic E-state index is 11.2. The van der Waals surface area contributed by atoms with Gasteiger partial charge in [-0.2, -0.15) is 0 Å². The van der Waals surface area contributed by atoms with E-state index in [9.17, 15) is 18.5 Å². The van der Waals surface area contributed by atoms with Crippen LogP contribution in [0, 0.1) is 10.1 Å². The molecule has 0 aromatic heterocycles. The molecule has 1 unspecified atom stereocenters. The first-order valence-electron chi connectivity index (χ1n) is 3.86. The molecule has 0 radical (unpaired) electrons. The van der Waals surface area contributed by atoms with E-state index in [1.807, 2.05) is 0 Å². The van der Waals surface area contributed by atoms with Gasteiger partial charge in [-0.15, -0.1) is 0 Å². The fraction of sp³-hybridized carbons (Fsp3) is 1.00. The van der Waals surface area contributed by atoms with Crippen LogP contribution in [0.3, 0.4) is 0 Å². The fourth-order valence-electron chi connectivity index (χ4n) is 1.43. The van der Waals surface area contributed by atoms with E-state index in [1.54, 1.807) is 0 Å². The van der Waals surface area contributed by atoms with Crippen LogP contribution >= 0.6 is 0 Å². The lowest BCUT2D eigenvalue weighted by atomic mass is 10.2. The van der Waals surface area contributed by atoms with Crippen LogP contribution < -0.4 is 0 Å². The monoisotopic (exact) mass is 193 g/mol. The van der Waals surface area contributed by atoms with Crippen molar-refractivity contribution in [3.63, 3.8) is 0 Å². The molecule has 0 aromatic rings. The summed E-state index contributed by atoms with van der Waals surface area (Å²) in [4.78, 5) is 9.51. The molecular formula is C6H11NO4S. The van der Waals surface area contributed by atoms with Crippen molar-refractivity contribution in [2.75, 3.05) is 12.3 Å². The number of rotatable bonds is 3. The van der Waals surface area contributed by atoms with Crippen LogP contribution in [-0.2, 0) is 9.84 Å². The summed E-state index contributed by atoms with van der Waals surface area (Å²) in [6, 6.07) is 0. The summed E-state index contributed by atoms with van der Waals surface area (Å²) in [5, 5.41) is 9.52. The third-order valence-electron chi connectivity index (χ3n) is 2.10. The molecule has 12 heavy (non-hydrogen) atoms. The molecular weight excluding hydrogens is 182 g/mol. The molecule has 1 rings (SSSR count). The number of hydrogen-bond acceptors (Lipinski definition) is 4. The van der Waals surface area contributed by atoms with Gasteiger partial charge >= 0.3 is 0 Å². The third kappa shape index (κ3) is 2.17. The number of nitrogens with zero attached hydrogens (tertiary/aromatic N) is 1. The minimum Gasteiger partial charge on any atom is -0.265 e. The second-order valence-electron chi connectivity index (χ2n) is 2.98. The molecule has 0 aliphatic carbocycles. The molecule has 1 aliphatic heterocycles. The standard InChI is InChI=1S/C6H11NO4S/c8-7(9)4-3-6-2-1-5-12(6,10)11/h6H,1-5H2. The summed E-state index contributed by atoms with van der Waals surface area (Å²) in [7, 11) is -2.99. The lowest BCUT2D eigenvalue weighted by Crippen LogP contribution is -2.19. The Bertz CT molecular complexity index is 271. The summed E-state index contributed by atoms with van der Waals surface area (Å²) in [5.74, 6) is 0.204. The first kappa shape index (κ1) is 9.44. The van der Waals surface area contributed by atoms with Crippen LogP contribution in [0.25, 0.3) is 0 Å². The Labute approximate surface area is 70.8 Å². The average Bonchev–Trinajstić information content (AvgIpc) is 2.25. The van der Waals surface area contributed by atoms with Gasteiger partial charge < -0.3 is 0 Å². The highest BCUT2D eigenvalue weighted by Gasteiger charge is 2.31. The molecule has 1 heterocycles. The number of nitro groups is 1. The first-order chi connectivity index (χ1) is 5.52. The summed E-state index contributed by atoms with van der Waals surface area (Å²) in [5.41, 5.74) is 0.